The number of rotatable bonds is 1. The van der Waals surface area contributed by atoms with E-state index < -0.39 is 0 Å². The number of aryl methyl sites for hydroxylation is 1. The number of Topliss-reactive ketones (excluding diaryl/α,β-unsaturated/α-hetero) is 1. The van der Waals surface area contributed by atoms with Crippen LogP contribution in [0.1, 0.15) is 17.5 Å². The van der Waals surface area contributed by atoms with E-state index in [9.17, 15) is 4.79 Å². The van der Waals surface area contributed by atoms with Gasteiger partial charge in [0.05, 0.1) is 0 Å². The lowest BCUT2D eigenvalue weighted by Gasteiger charge is -2.18. The Labute approximate surface area is 101 Å². The van der Waals surface area contributed by atoms with Gasteiger partial charge in [0.2, 0.25) is 0 Å². The molecule has 0 aliphatic heterocycles. The molecule has 0 radical (unpaired) electrons. The molecule has 0 amide bonds. The van der Waals surface area contributed by atoms with Crippen LogP contribution in [0.2, 0.25) is 0 Å². The Bertz CT molecular complexity index is 555. The van der Waals surface area contributed by atoms with Crippen molar-refractivity contribution in [2.24, 2.45) is 0 Å². The molecule has 0 atom stereocenters. The first kappa shape index (κ1) is 10.3. The second kappa shape index (κ2) is 4.17. The SMILES string of the molecule is O=C1CCc2cccc(-c3ccccc3)c2C1. The van der Waals surface area contributed by atoms with Gasteiger partial charge in [-0.2, -0.15) is 0 Å². The van der Waals surface area contributed by atoms with Crippen LogP contribution in [-0.4, -0.2) is 5.78 Å². The maximum atomic E-state index is 11.6. The quantitative estimate of drug-likeness (QED) is 0.722. The molecule has 0 fully saturated rings. The van der Waals surface area contributed by atoms with Crippen molar-refractivity contribution in [2.75, 3.05) is 0 Å². The minimum atomic E-state index is 0.362. The predicted octanol–water partition coefficient (Wildman–Crippen LogP) is 3.41. The van der Waals surface area contributed by atoms with Crippen LogP contribution in [0, 0.1) is 0 Å². The molecule has 84 valence electrons. The van der Waals surface area contributed by atoms with Crippen LogP contribution in [0.3, 0.4) is 0 Å². The Balaban J connectivity index is 2.15. The number of ketones is 1. The maximum Gasteiger partial charge on any atom is 0.137 e. The van der Waals surface area contributed by atoms with E-state index in [1.54, 1.807) is 0 Å². The lowest BCUT2D eigenvalue weighted by molar-refractivity contribution is -0.118. The van der Waals surface area contributed by atoms with E-state index in [1.165, 1.54) is 22.3 Å². The van der Waals surface area contributed by atoms with Crippen LogP contribution < -0.4 is 0 Å². The van der Waals surface area contributed by atoms with Gasteiger partial charge in [0.1, 0.15) is 5.78 Å². The molecule has 1 heteroatoms. The van der Waals surface area contributed by atoms with Gasteiger partial charge in [-0.3, -0.25) is 4.79 Å². The van der Waals surface area contributed by atoms with Gasteiger partial charge < -0.3 is 0 Å². The molecule has 3 rings (SSSR count). The molecule has 2 aromatic carbocycles. The monoisotopic (exact) mass is 222 g/mol. The third-order valence-corrected chi connectivity index (χ3v) is 3.40. The summed E-state index contributed by atoms with van der Waals surface area (Å²) >= 11 is 0. The summed E-state index contributed by atoms with van der Waals surface area (Å²) in [5.41, 5.74) is 5.00. The van der Waals surface area contributed by atoms with Gasteiger partial charge in [-0.25, -0.2) is 0 Å². The third kappa shape index (κ3) is 1.89. The van der Waals surface area contributed by atoms with Crippen LogP contribution in [0.4, 0.5) is 0 Å². The standard InChI is InChI=1S/C16H14O/c17-14-10-9-13-7-4-8-15(16(13)11-14)12-5-2-1-3-6-12/h1-8H,9-11H2. The fourth-order valence-electron chi connectivity index (χ4n) is 2.53. The summed E-state index contributed by atoms with van der Waals surface area (Å²) in [6, 6.07) is 16.7. The molecule has 0 saturated heterocycles. The van der Waals surface area contributed by atoms with Crippen LogP contribution >= 0.6 is 0 Å². The average molecular weight is 222 g/mol. The number of carbonyl (C=O) groups is 1. The summed E-state index contributed by atoms with van der Waals surface area (Å²) in [6.07, 6.45) is 2.19. The van der Waals surface area contributed by atoms with Crippen molar-refractivity contribution in [1.82, 2.24) is 0 Å². The zero-order chi connectivity index (χ0) is 11.7. The van der Waals surface area contributed by atoms with Gasteiger partial charge in [0.25, 0.3) is 0 Å². The molecule has 17 heavy (non-hydrogen) atoms. The molecule has 1 aliphatic rings. The van der Waals surface area contributed by atoms with Gasteiger partial charge in [-0.15, -0.1) is 0 Å². The molecule has 0 spiro atoms. The van der Waals surface area contributed by atoms with Crippen molar-refractivity contribution in [3.05, 3.63) is 59.7 Å². The van der Waals surface area contributed by atoms with Crippen molar-refractivity contribution in [1.29, 1.82) is 0 Å². The average Bonchev–Trinajstić information content (AvgIpc) is 2.39. The molecule has 1 aliphatic carbocycles. The van der Waals surface area contributed by atoms with Gasteiger partial charge in [-0.1, -0.05) is 48.5 Å². The molecule has 1 nitrogen and oxygen atoms in total. The first-order valence-corrected chi connectivity index (χ1v) is 6.02. The Kier molecular flexibility index (Phi) is 2.52. The summed E-state index contributed by atoms with van der Waals surface area (Å²) in [6.45, 7) is 0. The summed E-state index contributed by atoms with van der Waals surface area (Å²) in [4.78, 5) is 11.6. The second-order valence-electron chi connectivity index (χ2n) is 4.52. The van der Waals surface area contributed by atoms with Crippen molar-refractivity contribution in [2.45, 2.75) is 19.3 Å². The molecule has 0 N–H and O–H groups in total. The van der Waals surface area contributed by atoms with Crippen molar-refractivity contribution >= 4 is 5.78 Å². The number of carbonyl (C=O) groups excluding carboxylic acids is 1. The highest BCUT2D eigenvalue weighted by Crippen LogP contribution is 2.30. The van der Waals surface area contributed by atoms with E-state index in [1.807, 2.05) is 18.2 Å². The zero-order valence-electron chi connectivity index (χ0n) is 9.65. The van der Waals surface area contributed by atoms with E-state index in [-0.39, 0.29) is 0 Å². The Morgan fingerprint density at radius 1 is 0.824 bits per heavy atom. The minimum absolute atomic E-state index is 0.362. The molecular weight excluding hydrogens is 208 g/mol. The van der Waals surface area contributed by atoms with Crippen molar-refractivity contribution < 1.29 is 4.79 Å². The molecule has 2 aromatic rings. The first-order chi connectivity index (χ1) is 8.34. The van der Waals surface area contributed by atoms with Gasteiger partial charge in [0.15, 0.2) is 0 Å². The Morgan fingerprint density at radius 2 is 1.65 bits per heavy atom. The molecular formula is C16H14O. The Hall–Kier alpha value is -1.89. The van der Waals surface area contributed by atoms with Crippen LogP contribution in [0.25, 0.3) is 11.1 Å². The van der Waals surface area contributed by atoms with Crippen molar-refractivity contribution in [3.63, 3.8) is 0 Å². The zero-order valence-corrected chi connectivity index (χ0v) is 9.65. The van der Waals surface area contributed by atoms with E-state index in [0.717, 1.165) is 6.42 Å². The van der Waals surface area contributed by atoms with E-state index in [0.29, 0.717) is 18.6 Å². The first-order valence-electron chi connectivity index (χ1n) is 6.02. The number of fused-ring (bicyclic) bond motifs is 1. The van der Waals surface area contributed by atoms with E-state index in [2.05, 4.69) is 30.3 Å². The number of hydrogen-bond donors (Lipinski definition) is 0. The fourth-order valence-corrected chi connectivity index (χ4v) is 2.53. The highest BCUT2D eigenvalue weighted by atomic mass is 16.1. The number of hydrogen-bond acceptors (Lipinski definition) is 1. The highest BCUT2D eigenvalue weighted by molar-refractivity contribution is 5.86. The molecule has 0 aromatic heterocycles. The summed E-state index contributed by atoms with van der Waals surface area (Å²) in [5.74, 6) is 0.362. The largest absolute Gasteiger partial charge is 0.299 e. The van der Waals surface area contributed by atoms with E-state index in [4.69, 9.17) is 0 Å². The van der Waals surface area contributed by atoms with Gasteiger partial charge >= 0.3 is 0 Å². The fraction of sp³-hybridized carbons (Fsp3) is 0.188. The molecule has 0 bridgehead atoms. The summed E-state index contributed by atoms with van der Waals surface area (Å²) in [7, 11) is 0. The smallest absolute Gasteiger partial charge is 0.137 e. The van der Waals surface area contributed by atoms with E-state index >= 15 is 0 Å². The van der Waals surface area contributed by atoms with Crippen molar-refractivity contribution in [3.8, 4) is 11.1 Å². The summed E-state index contributed by atoms with van der Waals surface area (Å²) in [5, 5.41) is 0. The lowest BCUT2D eigenvalue weighted by Crippen LogP contribution is -2.14. The molecule has 0 saturated carbocycles. The topological polar surface area (TPSA) is 17.1 Å². The van der Waals surface area contributed by atoms with Gasteiger partial charge in [0, 0.05) is 12.8 Å². The normalized spacial score (nSPS) is 14.5. The second-order valence-corrected chi connectivity index (χ2v) is 4.52. The summed E-state index contributed by atoms with van der Waals surface area (Å²) < 4.78 is 0. The Morgan fingerprint density at radius 3 is 2.47 bits per heavy atom. The predicted molar refractivity (Wildman–Crippen MR) is 68.9 cm³/mol. The van der Waals surface area contributed by atoms with Crippen LogP contribution in [-0.2, 0) is 17.6 Å². The third-order valence-electron chi connectivity index (χ3n) is 3.40. The maximum absolute atomic E-state index is 11.6. The lowest BCUT2D eigenvalue weighted by atomic mass is 9.85. The van der Waals surface area contributed by atoms with Gasteiger partial charge in [-0.05, 0) is 28.7 Å². The molecule has 0 unspecified atom stereocenters. The number of benzene rings is 2. The van der Waals surface area contributed by atoms with Crippen LogP contribution in [0.5, 0.6) is 0 Å². The highest BCUT2D eigenvalue weighted by Gasteiger charge is 2.18. The van der Waals surface area contributed by atoms with Crippen LogP contribution in [0.15, 0.2) is 48.5 Å². The minimum Gasteiger partial charge on any atom is -0.299 e. The molecule has 0 heterocycles.